The lowest BCUT2D eigenvalue weighted by Crippen LogP contribution is -2.10. The van der Waals surface area contributed by atoms with Crippen molar-refractivity contribution in [1.82, 2.24) is 4.98 Å². The van der Waals surface area contributed by atoms with Crippen LogP contribution in [0.3, 0.4) is 0 Å². The average Bonchev–Trinajstić information content (AvgIpc) is 3.37. The first-order chi connectivity index (χ1) is 14.2. The normalized spacial score (nSPS) is 10.8. The molecule has 5 nitrogen and oxygen atoms in total. The molecule has 0 atom stereocenters. The van der Waals surface area contributed by atoms with Crippen LogP contribution in [0.1, 0.15) is 52.0 Å². The number of nitrogens with zero attached hydrogens (tertiary/aromatic N) is 1. The van der Waals surface area contributed by atoms with E-state index in [4.69, 9.17) is 5.11 Å². The Morgan fingerprint density at radius 1 is 1.14 bits per heavy atom. The maximum absolute atomic E-state index is 12.5. The summed E-state index contributed by atoms with van der Waals surface area (Å²) in [5.74, 6) is -0.147. The molecule has 7 heteroatoms. The standard InChI is InChI=1S/C22H27N3O2S2/c1-2-3-4-7-16-8-5-6-9-19(16)23-14-18-10-11-20(29-18)21(27)25-22-24-17(12-13-26)15-28-22/h5-6,8-11,15,23,26H,2-4,7,12-14H2,1H3,(H,24,25,27). The summed E-state index contributed by atoms with van der Waals surface area (Å²) in [5, 5.41) is 17.7. The van der Waals surface area contributed by atoms with Crippen LogP contribution in [0.25, 0.3) is 0 Å². The Hall–Kier alpha value is -2.22. The van der Waals surface area contributed by atoms with Crippen LogP contribution in [0, 0.1) is 0 Å². The average molecular weight is 430 g/mol. The molecule has 29 heavy (non-hydrogen) atoms. The fraction of sp³-hybridized carbons (Fsp3) is 0.364. The highest BCUT2D eigenvalue weighted by molar-refractivity contribution is 7.15. The van der Waals surface area contributed by atoms with Crippen molar-refractivity contribution >= 4 is 39.4 Å². The summed E-state index contributed by atoms with van der Waals surface area (Å²) in [6.07, 6.45) is 5.26. The van der Waals surface area contributed by atoms with Crippen LogP contribution in [-0.2, 0) is 19.4 Å². The van der Waals surface area contributed by atoms with E-state index in [1.54, 1.807) is 0 Å². The summed E-state index contributed by atoms with van der Waals surface area (Å²) in [7, 11) is 0. The van der Waals surface area contributed by atoms with Gasteiger partial charge in [-0.2, -0.15) is 0 Å². The van der Waals surface area contributed by atoms with Gasteiger partial charge in [-0.05, 0) is 36.6 Å². The predicted molar refractivity (Wildman–Crippen MR) is 122 cm³/mol. The first-order valence-corrected chi connectivity index (χ1v) is 11.7. The number of para-hydroxylation sites is 1. The number of carbonyl (C=O) groups excluding carboxylic acids is 1. The van der Waals surface area contributed by atoms with Crippen molar-refractivity contribution in [3.63, 3.8) is 0 Å². The maximum atomic E-state index is 12.5. The van der Waals surface area contributed by atoms with E-state index in [-0.39, 0.29) is 12.5 Å². The van der Waals surface area contributed by atoms with Crippen molar-refractivity contribution in [2.75, 3.05) is 17.2 Å². The van der Waals surface area contributed by atoms with Gasteiger partial charge in [0.25, 0.3) is 5.91 Å². The predicted octanol–water partition coefficient (Wildman–Crippen LogP) is 5.34. The maximum Gasteiger partial charge on any atom is 0.267 e. The van der Waals surface area contributed by atoms with Gasteiger partial charge in [-0.15, -0.1) is 22.7 Å². The molecule has 1 amide bonds. The second-order valence-electron chi connectivity index (χ2n) is 6.81. The molecule has 3 rings (SSSR count). The number of benzene rings is 1. The lowest BCUT2D eigenvalue weighted by atomic mass is 10.1. The summed E-state index contributed by atoms with van der Waals surface area (Å²) in [6, 6.07) is 12.3. The number of aliphatic hydroxyl groups excluding tert-OH is 1. The van der Waals surface area contributed by atoms with E-state index in [2.05, 4.69) is 46.8 Å². The summed E-state index contributed by atoms with van der Waals surface area (Å²) < 4.78 is 0. The highest BCUT2D eigenvalue weighted by atomic mass is 32.1. The molecule has 0 unspecified atom stereocenters. The van der Waals surface area contributed by atoms with E-state index < -0.39 is 0 Å². The van der Waals surface area contributed by atoms with Crippen LogP contribution in [0.2, 0.25) is 0 Å². The molecule has 0 bridgehead atoms. The molecular formula is C22H27N3O2S2. The molecule has 2 aromatic heterocycles. The summed E-state index contributed by atoms with van der Waals surface area (Å²) in [6.45, 7) is 2.97. The topological polar surface area (TPSA) is 74.2 Å². The molecule has 0 saturated carbocycles. The number of hydrogen-bond acceptors (Lipinski definition) is 6. The zero-order valence-electron chi connectivity index (χ0n) is 16.6. The van der Waals surface area contributed by atoms with Crippen LogP contribution in [0.5, 0.6) is 0 Å². The molecule has 0 aliphatic rings. The monoisotopic (exact) mass is 429 g/mol. The fourth-order valence-electron chi connectivity index (χ4n) is 3.01. The van der Waals surface area contributed by atoms with Crippen molar-refractivity contribution in [3.05, 3.63) is 62.8 Å². The Morgan fingerprint density at radius 3 is 2.83 bits per heavy atom. The Morgan fingerprint density at radius 2 is 2.00 bits per heavy atom. The van der Waals surface area contributed by atoms with Crippen molar-refractivity contribution < 1.29 is 9.90 Å². The molecule has 0 radical (unpaired) electrons. The van der Waals surface area contributed by atoms with Gasteiger partial charge in [-0.1, -0.05) is 38.0 Å². The number of aliphatic hydroxyl groups is 1. The summed E-state index contributed by atoms with van der Waals surface area (Å²) >= 11 is 2.86. The van der Waals surface area contributed by atoms with Crippen molar-refractivity contribution in [3.8, 4) is 0 Å². The number of aromatic nitrogens is 1. The van der Waals surface area contributed by atoms with Crippen LogP contribution in [-0.4, -0.2) is 22.6 Å². The number of carbonyl (C=O) groups is 1. The van der Waals surface area contributed by atoms with Gasteiger partial charge in [0.15, 0.2) is 5.13 Å². The Balaban J connectivity index is 1.55. The van der Waals surface area contributed by atoms with Crippen LogP contribution < -0.4 is 10.6 Å². The molecule has 0 spiro atoms. The molecule has 3 N–H and O–H groups in total. The van der Waals surface area contributed by atoms with Gasteiger partial charge in [-0.25, -0.2) is 4.98 Å². The van der Waals surface area contributed by atoms with Gasteiger partial charge in [0, 0.05) is 35.5 Å². The molecule has 0 fully saturated rings. The molecule has 0 aliphatic carbocycles. The number of thiophene rings is 1. The number of rotatable bonds is 11. The Kier molecular flexibility index (Phi) is 8.22. The first-order valence-electron chi connectivity index (χ1n) is 9.96. The van der Waals surface area contributed by atoms with E-state index in [1.807, 2.05) is 17.5 Å². The first kappa shape index (κ1) is 21.5. The highest BCUT2D eigenvalue weighted by Crippen LogP contribution is 2.23. The minimum Gasteiger partial charge on any atom is -0.396 e. The number of anilines is 2. The lowest BCUT2D eigenvalue weighted by Gasteiger charge is -2.11. The highest BCUT2D eigenvalue weighted by Gasteiger charge is 2.12. The van der Waals surface area contributed by atoms with Gasteiger partial charge in [0.05, 0.1) is 10.6 Å². The number of aryl methyl sites for hydroxylation is 1. The second-order valence-corrected chi connectivity index (χ2v) is 8.83. The molecule has 1 aromatic carbocycles. The van der Waals surface area contributed by atoms with Crippen LogP contribution in [0.4, 0.5) is 10.8 Å². The number of hydrogen-bond donors (Lipinski definition) is 3. The van der Waals surface area contributed by atoms with E-state index in [1.165, 1.54) is 53.2 Å². The fourth-order valence-corrected chi connectivity index (χ4v) is 4.59. The molecule has 2 heterocycles. The minimum atomic E-state index is -0.147. The van der Waals surface area contributed by atoms with Gasteiger partial charge in [0.1, 0.15) is 0 Å². The lowest BCUT2D eigenvalue weighted by molar-refractivity contribution is 0.103. The largest absolute Gasteiger partial charge is 0.396 e. The summed E-state index contributed by atoms with van der Waals surface area (Å²) in [5.41, 5.74) is 3.31. The van der Waals surface area contributed by atoms with E-state index in [9.17, 15) is 4.79 Å². The third-order valence-corrected chi connectivity index (χ3v) is 6.44. The number of thiazole rings is 1. The van der Waals surface area contributed by atoms with Crippen molar-refractivity contribution in [1.29, 1.82) is 0 Å². The molecule has 3 aromatic rings. The molecule has 154 valence electrons. The molecule has 0 aliphatic heterocycles. The van der Waals surface area contributed by atoms with Crippen LogP contribution in [0.15, 0.2) is 41.8 Å². The quantitative estimate of drug-likeness (QED) is 0.360. The van der Waals surface area contributed by atoms with Gasteiger partial charge in [0.2, 0.25) is 0 Å². The van der Waals surface area contributed by atoms with Crippen LogP contribution >= 0.6 is 22.7 Å². The Bertz CT molecular complexity index is 920. The summed E-state index contributed by atoms with van der Waals surface area (Å²) in [4.78, 5) is 18.5. The van der Waals surface area contributed by atoms with Crippen molar-refractivity contribution in [2.45, 2.75) is 45.6 Å². The minimum absolute atomic E-state index is 0.0557. The SMILES string of the molecule is CCCCCc1ccccc1NCc1ccc(C(=O)Nc2nc(CCO)cs2)s1. The van der Waals surface area contributed by atoms with Gasteiger partial charge >= 0.3 is 0 Å². The van der Waals surface area contributed by atoms with E-state index in [0.29, 0.717) is 23.0 Å². The number of nitrogens with one attached hydrogen (secondary N) is 2. The van der Waals surface area contributed by atoms with Gasteiger partial charge in [-0.3, -0.25) is 10.1 Å². The zero-order chi connectivity index (χ0) is 20.5. The third kappa shape index (κ3) is 6.39. The smallest absolute Gasteiger partial charge is 0.267 e. The zero-order valence-corrected chi connectivity index (χ0v) is 18.2. The number of unbranched alkanes of at least 4 members (excludes halogenated alkanes) is 2. The Labute approximate surface area is 179 Å². The molecular weight excluding hydrogens is 402 g/mol. The second kappa shape index (κ2) is 11.1. The molecule has 0 saturated heterocycles. The van der Waals surface area contributed by atoms with E-state index in [0.717, 1.165) is 17.0 Å². The number of amides is 1. The van der Waals surface area contributed by atoms with Gasteiger partial charge < -0.3 is 10.4 Å². The van der Waals surface area contributed by atoms with Crippen molar-refractivity contribution in [2.24, 2.45) is 0 Å². The van der Waals surface area contributed by atoms with E-state index >= 15 is 0 Å². The third-order valence-electron chi connectivity index (χ3n) is 4.55.